The number of benzene rings is 4. The van der Waals surface area contributed by atoms with Crippen molar-refractivity contribution in [2.45, 2.75) is 95.9 Å². The average molecular weight is 1320 g/mol. The number of nitrogen functional groups attached to an aromatic ring is 1. The van der Waals surface area contributed by atoms with Crippen LogP contribution in [0.4, 0.5) is 42.4 Å². The average Bonchev–Trinajstić information content (AvgIpc) is 1.81. The molecule has 3 fully saturated rings. The van der Waals surface area contributed by atoms with E-state index in [-0.39, 0.29) is 52.7 Å². The number of nitrogens with one attached hydrogen (secondary N) is 2. The van der Waals surface area contributed by atoms with Gasteiger partial charge >= 0.3 is 0 Å². The van der Waals surface area contributed by atoms with Gasteiger partial charge in [-0.3, -0.25) is 0 Å². The van der Waals surface area contributed by atoms with Crippen LogP contribution in [-0.4, -0.2) is 157 Å². The summed E-state index contributed by atoms with van der Waals surface area (Å²) in [5, 5.41) is 35.8. The second kappa shape index (κ2) is 31.3. The number of fused-ring (bicyclic) bond motifs is 3. The molecule has 0 saturated carbocycles. The van der Waals surface area contributed by atoms with E-state index < -0.39 is 6.17 Å². The molecule has 9 aromatic rings. The predicted molar refractivity (Wildman–Crippen MR) is 346 cm³/mol. The summed E-state index contributed by atoms with van der Waals surface area (Å²) in [7, 11) is 6.37. The van der Waals surface area contributed by atoms with Gasteiger partial charge < -0.3 is 69.6 Å². The van der Waals surface area contributed by atoms with Crippen LogP contribution in [0, 0.1) is 25.5 Å². The van der Waals surface area contributed by atoms with Crippen LogP contribution in [-0.2, 0) is 12.8 Å². The van der Waals surface area contributed by atoms with Gasteiger partial charge in [0.25, 0.3) is 0 Å². The molecule has 4 atom stereocenters. The third-order valence-corrected chi connectivity index (χ3v) is 16.6. The van der Waals surface area contributed by atoms with Gasteiger partial charge in [-0.05, 0) is 136 Å². The summed E-state index contributed by atoms with van der Waals surface area (Å²) < 4.78 is 65.2. The Balaban J connectivity index is 0.000000147. The van der Waals surface area contributed by atoms with Gasteiger partial charge in [0.15, 0.2) is 17.3 Å². The fraction of sp³-hybridized carbons (Fsp3) is 0.397. The number of ether oxygens (including phenoxy) is 4. The molecule has 5 aromatic heterocycles. The molecule has 4 aromatic carbocycles. The Kier molecular flexibility index (Phi) is 23.2. The first-order valence-corrected chi connectivity index (χ1v) is 30.7. The molecule has 4 aliphatic rings. The number of halogens is 6. The molecule has 3 aliphatic heterocycles. The number of hydrogen-bond acceptors (Lipinski definition) is 20. The summed E-state index contributed by atoms with van der Waals surface area (Å²) in [6.07, 6.45) is 13.7. The molecule has 0 amide bonds. The Morgan fingerprint density at radius 1 is 0.648 bits per heavy atom. The molecule has 13 rings (SSSR count). The molecule has 91 heavy (non-hydrogen) atoms. The lowest BCUT2D eigenvalue weighted by Crippen LogP contribution is -2.34. The predicted octanol–water partition coefficient (Wildman–Crippen LogP) is 10.5. The van der Waals surface area contributed by atoms with E-state index in [2.05, 4.69) is 61.4 Å². The number of nitrogens with zero attached hydrogens (tertiary/aromatic N) is 12. The van der Waals surface area contributed by atoms with Crippen molar-refractivity contribution in [2.24, 2.45) is 0 Å². The van der Waals surface area contributed by atoms with Gasteiger partial charge in [-0.25, -0.2) is 48.1 Å². The zero-order valence-electron chi connectivity index (χ0n) is 51.2. The number of nitrogens with two attached hydrogens (primary N) is 1. The molecule has 3 saturated heterocycles. The van der Waals surface area contributed by atoms with Crippen LogP contribution in [0.1, 0.15) is 67.3 Å². The minimum atomic E-state index is -0.835. The number of imidazole rings is 2. The van der Waals surface area contributed by atoms with E-state index in [4.69, 9.17) is 69.6 Å². The number of aromatic nitrogens is 10. The Hall–Kier alpha value is -8.04. The number of aliphatic hydroxyl groups is 3. The van der Waals surface area contributed by atoms with Crippen LogP contribution in [0.15, 0.2) is 85.7 Å². The van der Waals surface area contributed by atoms with E-state index in [0.29, 0.717) is 89.0 Å². The fourth-order valence-electron chi connectivity index (χ4n) is 11.2. The standard InChI is InChI=1S/C25H27FN6O2.C13H17ClFN3O.C12H15N3O3.C8H3Cl2FN2.C5H11NO/c1-15-9-19(11-22(34-3)16(15)2)31-12-23(27-14-31)29-25-28-21-10-17(26)6-7-20(21)24(30-25)32-8-4-5-18(32)13-33;14-13-16-11-6-8(15)3-4-10(11)12(17-13)18-5-1-2-9(18)7-19;1-16-9-4-8(15-6-11(13)14-7-15)5-10(17-2)12(9)18-3;9-7-5-2-1-4(11)3-6(5)12-8(10)13-7;7-4-5-2-1-3-6-5/h6-7,9-12,14,18,33H,4-5,8,13H2,1-3H3,(H,28,29,30);8-9,19H,1-7H2;4-7H,13H2,1-3H3;1-3H;5-7H,1-4H2/t18-;8?,9-;;;5-/m00..0/s1. The van der Waals surface area contributed by atoms with Crippen LogP contribution in [0.5, 0.6) is 23.0 Å². The van der Waals surface area contributed by atoms with Gasteiger partial charge in [-0.15, -0.1) is 0 Å². The van der Waals surface area contributed by atoms with Crippen molar-refractivity contribution in [2.75, 3.05) is 88.7 Å². The molecule has 0 spiro atoms. The van der Waals surface area contributed by atoms with E-state index in [1.54, 1.807) is 57.9 Å². The molecular weight excluding hydrogens is 1240 g/mol. The molecule has 0 bridgehead atoms. The maximum Gasteiger partial charge on any atom is 0.230 e. The highest BCUT2D eigenvalue weighted by Crippen LogP contribution is 2.40. The van der Waals surface area contributed by atoms with Crippen molar-refractivity contribution < 1.29 is 47.4 Å². The molecule has 8 heterocycles. The Bertz CT molecular complexity index is 3910. The van der Waals surface area contributed by atoms with E-state index in [9.17, 15) is 23.4 Å². The molecule has 1 aliphatic carbocycles. The summed E-state index contributed by atoms with van der Waals surface area (Å²) >= 11 is 17.3. The quantitative estimate of drug-likeness (QED) is 0.0463. The first-order chi connectivity index (χ1) is 43.9. The van der Waals surface area contributed by atoms with Gasteiger partial charge in [0.1, 0.15) is 58.8 Å². The van der Waals surface area contributed by atoms with Crippen LogP contribution in [0.3, 0.4) is 0 Å². The number of aryl methyl sites for hydroxylation is 1. The van der Waals surface area contributed by atoms with E-state index in [1.807, 2.05) is 42.8 Å². The van der Waals surface area contributed by atoms with Crippen molar-refractivity contribution in [1.29, 1.82) is 0 Å². The van der Waals surface area contributed by atoms with Crippen molar-refractivity contribution in [3.8, 4) is 34.4 Å². The molecule has 484 valence electrons. The van der Waals surface area contributed by atoms with Crippen molar-refractivity contribution in [3.05, 3.63) is 135 Å². The smallest absolute Gasteiger partial charge is 0.230 e. The summed E-state index contributed by atoms with van der Waals surface area (Å²) in [4.78, 5) is 37.9. The summed E-state index contributed by atoms with van der Waals surface area (Å²) in [6, 6.07) is 16.7. The van der Waals surface area contributed by atoms with Crippen molar-refractivity contribution in [3.63, 3.8) is 0 Å². The number of rotatable bonds is 13. The molecule has 0 radical (unpaired) electrons. The van der Waals surface area contributed by atoms with E-state index in [0.717, 1.165) is 102 Å². The molecular formula is C63H73Cl3F3N15O7. The number of aliphatic hydroxyl groups excluding tert-OH is 3. The van der Waals surface area contributed by atoms with Gasteiger partial charge in [0.05, 0.1) is 101 Å². The Labute approximate surface area is 539 Å². The molecule has 1 unspecified atom stereocenters. The minimum absolute atomic E-state index is 0.0168. The second-order valence-electron chi connectivity index (χ2n) is 21.8. The fourth-order valence-corrected chi connectivity index (χ4v) is 11.8. The number of hydrogen-bond donors (Lipinski definition) is 6. The van der Waals surface area contributed by atoms with Crippen LogP contribution >= 0.6 is 34.8 Å². The maximum absolute atomic E-state index is 14.0. The van der Waals surface area contributed by atoms with Gasteiger partial charge in [0.2, 0.25) is 22.3 Å². The van der Waals surface area contributed by atoms with E-state index in [1.165, 1.54) is 36.8 Å². The third kappa shape index (κ3) is 16.5. The Morgan fingerprint density at radius 2 is 1.25 bits per heavy atom. The minimum Gasteiger partial charge on any atom is -0.496 e. The monoisotopic (exact) mass is 1310 g/mol. The lowest BCUT2D eigenvalue weighted by Gasteiger charge is -2.29. The highest BCUT2D eigenvalue weighted by atomic mass is 35.5. The SMILES string of the molecule is COc1cc(-n2cnc(N)c2)cc(OC)c1OC.COc1cc(-n2cnc(Nc3nc(N4CCC[C@H]4CO)c4ccc(F)cc4n3)c2)cc(C)c1C.Fc1ccc2c(Cl)nc(Cl)nc2c1.OC[C@@H]1CCCN1.OC[C@@H]1CCCN1c1nc(Cl)nc2c1CCC(F)C2. The maximum atomic E-state index is 14.0. The number of alkyl halides is 1. The van der Waals surface area contributed by atoms with Gasteiger partial charge in [-0.1, -0.05) is 11.6 Å². The molecule has 22 nitrogen and oxygen atoms in total. The third-order valence-electron chi connectivity index (χ3n) is 16.0. The van der Waals surface area contributed by atoms with Gasteiger partial charge in [-0.2, -0.15) is 4.98 Å². The van der Waals surface area contributed by atoms with E-state index >= 15 is 0 Å². The largest absolute Gasteiger partial charge is 0.496 e. The summed E-state index contributed by atoms with van der Waals surface area (Å²) in [6.45, 7) is 7.26. The second-order valence-corrected chi connectivity index (χ2v) is 22.9. The molecule has 7 N–H and O–H groups in total. The summed E-state index contributed by atoms with van der Waals surface area (Å²) in [5.41, 5.74) is 12.2. The molecule has 28 heteroatoms. The zero-order valence-corrected chi connectivity index (χ0v) is 53.5. The Morgan fingerprint density at radius 3 is 1.85 bits per heavy atom. The first-order valence-electron chi connectivity index (χ1n) is 29.6. The lowest BCUT2D eigenvalue weighted by molar-refractivity contribution is 0.255. The normalized spacial score (nSPS) is 17.4. The van der Waals surface area contributed by atoms with Crippen molar-refractivity contribution in [1.82, 2.24) is 54.3 Å². The van der Waals surface area contributed by atoms with Gasteiger partial charge in [0, 0.05) is 72.2 Å². The topological polar surface area (TPSA) is 267 Å². The summed E-state index contributed by atoms with van der Waals surface area (Å²) in [5.74, 6) is 4.60. The van der Waals surface area contributed by atoms with Crippen LogP contribution in [0.2, 0.25) is 15.7 Å². The number of anilines is 5. The zero-order chi connectivity index (χ0) is 64.9. The number of methoxy groups -OCH3 is 4. The highest BCUT2D eigenvalue weighted by Gasteiger charge is 2.32. The lowest BCUT2D eigenvalue weighted by atomic mass is 9.94. The van der Waals surface area contributed by atoms with Crippen LogP contribution < -0.4 is 45.1 Å². The van der Waals surface area contributed by atoms with Crippen molar-refractivity contribution >= 4 is 85.8 Å². The first kappa shape index (κ1) is 67.4. The highest BCUT2D eigenvalue weighted by molar-refractivity contribution is 6.35. The van der Waals surface area contributed by atoms with Crippen LogP contribution in [0.25, 0.3) is 33.2 Å².